The fraction of sp³-hybridized carbons (Fsp3) is 0.488. The molecule has 2 aliphatic carbocycles. The minimum Gasteiger partial charge on any atom is -0.493 e. The van der Waals surface area contributed by atoms with E-state index in [9.17, 15) is 37.5 Å². The molecule has 0 aromatic heterocycles. The Morgan fingerprint density at radius 1 is 0.831 bits per heavy atom. The molecule has 2 aliphatic heterocycles. The molecule has 356 valence electrons. The first kappa shape index (κ1) is 51.1. The second kappa shape index (κ2) is 22.9. The number of aliphatic carboxylic acids is 1. The topological polar surface area (TPSA) is 272 Å². The summed E-state index contributed by atoms with van der Waals surface area (Å²) in [7, 11) is 8.21. The van der Waals surface area contributed by atoms with Crippen molar-refractivity contribution in [2.24, 2.45) is 11.5 Å². The van der Waals surface area contributed by atoms with Crippen LogP contribution in [0.1, 0.15) is 50.3 Å². The van der Waals surface area contributed by atoms with Gasteiger partial charge in [-0.05, 0) is 88.0 Å². The van der Waals surface area contributed by atoms with Crippen LogP contribution in [0.4, 0.5) is 18.4 Å². The third-order valence-electron chi connectivity index (χ3n) is 10.5. The molecule has 8 N–H and O–H groups in total. The Morgan fingerprint density at radius 2 is 1.35 bits per heavy atom. The standard InChI is InChI=1S/C21H25NO5.C16H20N4O6.C6H12F2N2O2/c1-22-15-8-6-12-10-18(25-3)20(26-4)21(27-5)19(12)13-7-9-17(24-2)16(23)11-14(13)15;1-3-25-15(23)17-9-11(19-5-6-19)14(22)10(18-16(24)26-4-2)12(13(9)21)20-7-8-20;7-4(8)6(10,5(11)12)2-1-3-9/h7,9-11,15,22H,6,8H2,1-5H3;3-8H2,1-2H3,(H,17,23)(H,18,24);4H,1-3,9-10H2,(H,11,12)/t15-;;/m0../s1. The van der Waals surface area contributed by atoms with Gasteiger partial charge in [-0.15, -0.1) is 0 Å². The Balaban J connectivity index is 0.000000230. The lowest BCUT2D eigenvalue weighted by atomic mass is 9.95. The van der Waals surface area contributed by atoms with Crippen LogP contribution in [-0.4, -0.2) is 138 Å². The Bertz CT molecular complexity index is 2190. The highest BCUT2D eigenvalue weighted by Gasteiger charge is 2.46. The summed E-state index contributed by atoms with van der Waals surface area (Å²) in [5, 5.41) is 16.5. The number of methoxy groups -OCH3 is 4. The number of nitrogens with one attached hydrogen (secondary N) is 3. The third kappa shape index (κ3) is 11.8. The van der Waals surface area contributed by atoms with Crippen LogP contribution < -0.4 is 51.8 Å². The highest BCUT2D eigenvalue weighted by molar-refractivity contribution is 6.26. The largest absolute Gasteiger partial charge is 0.493 e. The molecular formula is C43H57F2N7O13. The maximum atomic E-state index is 13.0. The van der Waals surface area contributed by atoms with Gasteiger partial charge in [0.05, 0.1) is 41.7 Å². The fourth-order valence-corrected chi connectivity index (χ4v) is 7.07. The number of carboxylic acid groups (broad SMARTS) is 1. The van der Waals surface area contributed by atoms with Crippen molar-refractivity contribution in [3.63, 3.8) is 0 Å². The maximum absolute atomic E-state index is 13.0. The number of hydrogen-bond donors (Lipinski definition) is 6. The molecule has 2 fully saturated rings. The molecule has 6 rings (SSSR count). The first-order valence-electron chi connectivity index (χ1n) is 20.7. The van der Waals surface area contributed by atoms with Crippen molar-refractivity contribution >= 4 is 29.7 Å². The smallest absolute Gasteiger partial charge is 0.411 e. The van der Waals surface area contributed by atoms with Crippen molar-refractivity contribution in [1.29, 1.82) is 0 Å². The third-order valence-corrected chi connectivity index (χ3v) is 10.5. The molecule has 1 unspecified atom stereocenters. The number of alkyl halides is 2. The van der Waals surface area contributed by atoms with E-state index in [4.69, 9.17) is 45.0 Å². The minimum atomic E-state index is -3.07. The number of halogens is 2. The number of rotatable bonds is 16. The van der Waals surface area contributed by atoms with E-state index in [1.54, 1.807) is 57.1 Å². The number of fused-ring (bicyclic) bond motifs is 3. The summed E-state index contributed by atoms with van der Waals surface area (Å²) in [6.45, 7) is 5.99. The number of carboxylic acids is 1. The van der Waals surface area contributed by atoms with Gasteiger partial charge in [-0.1, -0.05) is 6.07 Å². The van der Waals surface area contributed by atoms with Gasteiger partial charge < -0.3 is 60.1 Å². The van der Waals surface area contributed by atoms with Gasteiger partial charge in [0, 0.05) is 37.8 Å². The fourth-order valence-electron chi connectivity index (χ4n) is 7.07. The van der Waals surface area contributed by atoms with E-state index >= 15 is 0 Å². The van der Waals surface area contributed by atoms with E-state index in [2.05, 4.69) is 16.0 Å². The number of hydrogen-bond acceptors (Lipinski definition) is 17. The van der Waals surface area contributed by atoms with Gasteiger partial charge in [0.2, 0.25) is 22.7 Å². The molecule has 2 heterocycles. The molecule has 4 aliphatic rings. The van der Waals surface area contributed by atoms with Crippen molar-refractivity contribution in [2.45, 2.75) is 57.5 Å². The van der Waals surface area contributed by atoms with Gasteiger partial charge in [0.1, 0.15) is 22.8 Å². The molecule has 2 amide bonds. The number of ketones is 2. The molecule has 2 atom stereocenters. The Morgan fingerprint density at radius 3 is 1.75 bits per heavy atom. The Labute approximate surface area is 374 Å². The zero-order valence-electron chi connectivity index (χ0n) is 37.4. The van der Waals surface area contributed by atoms with E-state index in [1.807, 2.05) is 19.2 Å². The molecule has 0 bridgehead atoms. The predicted molar refractivity (Wildman–Crippen MR) is 231 cm³/mol. The van der Waals surface area contributed by atoms with Crippen molar-refractivity contribution in [1.82, 2.24) is 25.8 Å². The summed E-state index contributed by atoms with van der Waals surface area (Å²) in [6.07, 6.45) is -3.18. The molecule has 22 heteroatoms. The first-order valence-corrected chi connectivity index (χ1v) is 20.7. The molecule has 0 saturated carbocycles. The van der Waals surface area contributed by atoms with Gasteiger partial charge in [-0.2, -0.15) is 0 Å². The van der Waals surface area contributed by atoms with Crippen LogP contribution in [-0.2, 0) is 30.3 Å². The van der Waals surface area contributed by atoms with E-state index in [0.29, 0.717) is 49.2 Å². The molecule has 0 spiro atoms. The maximum Gasteiger partial charge on any atom is 0.411 e. The highest BCUT2D eigenvalue weighted by atomic mass is 19.3. The number of ether oxygens (including phenoxy) is 6. The molecule has 0 radical (unpaired) electrons. The van der Waals surface area contributed by atoms with Crippen molar-refractivity contribution in [2.75, 3.05) is 81.4 Å². The zero-order valence-corrected chi connectivity index (χ0v) is 37.4. The highest BCUT2D eigenvalue weighted by Crippen LogP contribution is 2.50. The van der Waals surface area contributed by atoms with Crippen LogP contribution in [0.15, 0.2) is 51.8 Å². The Kier molecular flexibility index (Phi) is 18.0. The van der Waals surface area contributed by atoms with Gasteiger partial charge in [0.25, 0.3) is 6.43 Å². The Hall–Kier alpha value is -6.52. The average Bonchev–Trinajstić information content (AvgIpc) is 4.21. The van der Waals surface area contributed by atoms with Crippen LogP contribution in [0.5, 0.6) is 23.0 Å². The molecule has 65 heavy (non-hydrogen) atoms. The molecule has 2 aromatic rings. The summed E-state index contributed by atoms with van der Waals surface area (Å²) in [5.74, 6) is -0.701. The lowest BCUT2D eigenvalue weighted by Gasteiger charge is -2.25. The number of aryl methyl sites for hydroxylation is 1. The van der Waals surface area contributed by atoms with Gasteiger partial charge in [0.15, 0.2) is 22.8 Å². The number of nitrogens with zero attached hydrogens (tertiary/aromatic N) is 2. The summed E-state index contributed by atoms with van der Waals surface area (Å²) in [6, 6.07) is 7.29. The molecule has 20 nitrogen and oxygen atoms in total. The van der Waals surface area contributed by atoms with Crippen molar-refractivity contribution < 1.29 is 66.3 Å². The summed E-state index contributed by atoms with van der Waals surface area (Å²) >= 11 is 0. The zero-order chi connectivity index (χ0) is 48.2. The first-order chi connectivity index (χ1) is 31.0. The second-order valence-electron chi connectivity index (χ2n) is 14.6. The number of amides is 2. The summed E-state index contributed by atoms with van der Waals surface area (Å²) in [4.78, 5) is 75.8. The lowest BCUT2D eigenvalue weighted by Crippen LogP contribution is -2.54. The summed E-state index contributed by atoms with van der Waals surface area (Å²) < 4.78 is 55.9. The van der Waals surface area contributed by atoms with Gasteiger partial charge in [-0.3, -0.25) is 25.0 Å². The van der Waals surface area contributed by atoms with Crippen molar-refractivity contribution in [3.8, 4) is 34.1 Å². The molecule has 2 saturated heterocycles. The van der Waals surface area contributed by atoms with Crippen LogP contribution in [0.2, 0.25) is 0 Å². The summed E-state index contributed by atoms with van der Waals surface area (Å²) in [5.41, 5.74) is 11.1. The molecule has 2 aromatic carbocycles. The normalized spacial score (nSPS) is 16.8. The minimum absolute atomic E-state index is 0.0268. The van der Waals surface area contributed by atoms with Crippen LogP contribution in [0, 0.1) is 0 Å². The quantitative estimate of drug-likeness (QED) is 0.104. The van der Waals surface area contributed by atoms with E-state index in [1.165, 1.54) is 7.11 Å². The molecular weight excluding hydrogens is 861 g/mol. The second-order valence-corrected chi connectivity index (χ2v) is 14.6. The number of Topliss-reactive ketones (excluding diaryl/α,β-unsaturated/α-hetero) is 2. The SMILES string of the molecule is CCOC(=O)NC1=C(N2CC2)C(=O)C(NC(=O)OCC)=C(N2CC2)C1=O.CN[C@H]1CCc2cc(OC)c(OC)c(OC)c2-c2ccc(OC)c(=O)cc21.NCCCC(N)(C(=O)O)C(F)F. The monoisotopic (exact) mass is 917 g/mol. The number of alkyl carbamates (subject to hydrolysis) is 2. The van der Waals surface area contributed by atoms with Crippen molar-refractivity contribution in [3.05, 3.63) is 68.4 Å². The van der Waals surface area contributed by atoms with E-state index in [-0.39, 0.29) is 66.9 Å². The number of carbonyl (C=O) groups is 5. The predicted octanol–water partition coefficient (Wildman–Crippen LogP) is 2.41. The van der Waals surface area contributed by atoms with Crippen LogP contribution in [0.3, 0.4) is 0 Å². The van der Waals surface area contributed by atoms with Crippen LogP contribution >= 0.6 is 0 Å². The van der Waals surface area contributed by atoms with E-state index < -0.39 is 41.7 Å². The van der Waals surface area contributed by atoms with Gasteiger partial charge >= 0.3 is 18.2 Å². The lowest BCUT2D eigenvalue weighted by molar-refractivity contribution is -0.150. The number of carbonyl (C=O) groups excluding carboxylic acids is 4. The van der Waals surface area contributed by atoms with Crippen LogP contribution in [0.25, 0.3) is 11.1 Å². The number of nitrogens with two attached hydrogens (primary N) is 2. The van der Waals surface area contributed by atoms with E-state index in [0.717, 1.165) is 35.1 Å². The number of benzene rings is 1. The van der Waals surface area contributed by atoms with Gasteiger partial charge in [-0.25, -0.2) is 23.2 Å². The average molecular weight is 918 g/mol.